The Hall–Kier alpha value is -1.40. The first-order valence-corrected chi connectivity index (χ1v) is 7.40. The van der Waals surface area contributed by atoms with E-state index in [0.717, 1.165) is 22.5 Å². The van der Waals surface area contributed by atoms with E-state index in [1.54, 1.807) is 11.3 Å². The quantitative estimate of drug-likeness (QED) is 0.664. The summed E-state index contributed by atoms with van der Waals surface area (Å²) >= 11 is 5.16. The highest BCUT2D eigenvalue weighted by Crippen LogP contribution is 2.23. The van der Waals surface area contributed by atoms with Gasteiger partial charge in [-0.2, -0.15) is 0 Å². The molecule has 0 bridgehead atoms. The molecule has 0 atom stereocenters. The molecule has 0 aliphatic rings. The predicted octanol–water partition coefficient (Wildman–Crippen LogP) is 3.13. The van der Waals surface area contributed by atoms with Crippen LogP contribution in [0.4, 0.5) is 5.82 Å². The maximum absolute atomic E-state index is 7.52. The SMILES string of the molecule is Cc1cc(C(=N)N)cc(N(C)Cc2cc(Br)cs2)n1. The van der Waals surface area contributed by atoms with Crippen LogP contribution in [0.1, 0.15) is 16.1 Å². The van der Waals surface area contributed by atoms with Gasteiger partial charge in [-0.15, -0.1) is 11.3 Å². The molecule has 0 unspecified atom stereocenters. The zero-order valence-electron chi connectivity index (χ0n) is 10.8. The van der Waals surface area contributed by atoms with Gasteiger partial charge in [0.25, 0.3) is 0 Å². The summed E-state index contributed by atoms with van der Waals surface area (Å²) in [5, 5.41) is 9.58. The Balaban J connectivity index is 2.23. The van der Waals surface area contributed by atoms with E-state index in [9.17, 15) is 0 Å². The molecule has 100 valence electrons. The number of nitrogens with zero attached hydrogens (tertiary/aromatic N) is 2. The maximum Gasteiger partial charge on any atom is 0.129 e. The zero-order chi connectivity index (χ0) is 14.0. The van der Waals surface area contributed by atoms with E-state index < -0.39 is 0 Å². The third kappa shape index (κ3) is 3.54. The number of aryl methyl sites for hydroxylation is 1. The first kappa shape index (κ1) is 14.0. The molecule has 0 aliphatic heterocycles. The Bertz CT molecular complexity index is 608. The number of halogens is 1. The van der Waals surface area contributed by atoms with E-state index in [0.29, 0.717) is 5.56 Å². The number of hydrogen-bond donors (Lipinski definition) is 2. The molecule has 3 N–H and O–H groups in total. The van der Waals surface area contributed by atoms with E-state index in [-0.39, 0.29) is 5.84 Å². The molecular formula is C13H15BrN4S. The highest BCUT2D eigenvalue weighted by atomic mass is 79.9. The van der Waals surface area contributed by atoms with Crippen molar-refractivity contribution in [2.75, 3.05) is 11.9 Å². The van der Waals surface area contributed by atoms with Crippen molar-refractivity contribution in [1.82, 2.24) is 4.98 Å². The van der Waals surface area contributed by atoms with Gasteiger partial charge in [0.1, 0.15) is 11.7 Å². The fourth-order valence-electron chi connectivity index (χ4n) is 1.75. The highest BCUT2D eigenvalue weighted by molar-refractivity contribution is 9.10. The Labute approximate surface area is 124 Å². The lowest BCUT2D eigenvalue weighted by Gasteiger charge is -2.18. The lowest BCUT2D eigenvalue weighted by Crippen LogP contribution is -2.19. The van der Waals surface area contributed by atoms with Gasteiger partial charge in [-0.05, 0) is 41.1 Å². The van der Waals surface area contributed by atoms with Crippen molar-refractivity contribution in [1.29, 1.82) is 5.41 Å². The molecule has 4 nitrogen and oxygen atoms in total. The second-order valence-electron chi connectivity index (χ2n) is 4.36. The highest BCUT2D eigenvalue weighted by Gasteiger charge is 2.09. The molecule has 6 heteroatoms. The van der Waals surface area contributed by atoms with Gasteiger partial charge < -0.3 is 10.6 Å². The fourth-order valence-corrected chi connectivity index (χ4v) is 3.26. The summed E-state index contributed by atoms with van der Waals surface area (Å²) in [7, 11) is 1.99. The molecule has 0 spiro atoms. The van der Waals surface area contributed by atoms with Crippen molar-refractivity contribution < 1.29 is 0 Å². The van der Waals surface area contributed by atoms with Crippen LogP contribution in [0.2, 0.25) is 0 Å². The summed E-state index contributed by atoms with van der Waals surface area (Å²) in [4.78, 5) is 7.79. The average molecular weight is 339 g/mol. The van der Waals surface area contributed by atoms with Gasteiger partial charge in [0.15, 0.2) is 0 Å². The molecule has 0 saturated carbocycles. The maximum atomic E-state index is 7.52. The minimum Gasteiger partial charge on any atom is -0.384 e. The number of nitrogens with two attached hydrogens (primary N) is 1. The minimum absolute atomic E-state index is 0.0685. The van der Waals surface area contributed by atoms with Crippen LogP contribution in [0.15, 0.2) is 28.1 Å². The van der Waals surface area contributed by atoms with Crippen LogP contribution in [0, 0.1) is 12.3 Å². The van der Waals surface area contributed by atoms with E-state index in [1.165, 1.54) is 4.88 Å². The molecule has 0 fully saturated rings. The predicted molar refractivity (Wildman–Crippen MR) is 84.1 cm³/mol. The fraction of sp³-hybridized carbons (Fsp3) is 0.231. The van der Waals surface area contributed by atoms with Crippen molar-refractivity contribution >= 4 is 38.9 Å². The largest absolute Gasteiger partial charge is 0.384 e. The lowest BCUT2D eigenvalue weighted by molar-refractivity contribution is 0.905. The number of hydrogen-bond acceptors (Lipinski definition) is 4. The lowest BCUT2D eigenvalue weighted by atomic mass is 10.2. The zero-order valence-corrected chi connectivity index (χ0v) is 13.2. The summed E-state index contributed by atoms with van der Waals surface area (Å²) in [6, 6.07) is 5.77. The first-order chi connectivity index (χ1) is 8.95. The molecule has 2 rings (SSSR count). The Morgan fingerprint density at radius 3 is 2.79 bits per heavy atom. The van der Waals surface area contributed by atoms with E-state index in [1.807, 2.05) is 26.1 Å². The van der Waals surface area contributed by atoms with Crippen LogP contribution in [-0.4, -0.2) is 17.9 Å². The van der Waals surface area contributed by atoms with Gasteiger partial charge in [-0.25, -0.2) is 4.98 Å². The molecular weight excluding hydrogens is 324 g/mol. The average Bonchev–Trinajstić information content (AvgIpc) is 2.73. The monoisotopic (exact) mass is 338 g/mol. The third-order valence-electron chi connectivity index (χ3n) is 2.66. The summed E-state index contributed by atoms with van der Waals surface area (Å²) < 4.78 is 1.10. The normalized spacial score (nSPS) is 10.5. The molecule has 0 aliphatic carbocycles. The number of pyridine rings is 1. The molecule has 0 saturated heterocycles. The van der Waals surface area contributed by atoms with Crippen molar-refractivity contribution in [3.63, 3.8) is 0 Å². The summed E-state index contributed by atoms with van der Waals surface area (Å²) in [6.45, 7) is 2.69. The topological polar surface area (TPSA) is 66.0 Å². The molecule has 0 radical (unpaired) electrons. The van der Waals surface area contributed by atoms with Crippen LogP contribution in [0.5, 0.6) is 0 Å². The Morgan fingerprint density at radius 1 is 1.47 bits per heavy atom. The molecule has 0 aromatic carbocycles. The standard InChI is InChI=1S/C13H15BrN4S/c1-8-3-9(13(15)16)4-12(17-8)18(2)6-11-5-10(14)7-19-11/h3-5,7H,6H2,1-2H3,(H3,15,16). The van der Waals surface area contributed by atoms with Crippen molar-refractivity contribution in [2.45, 2.75) is 13.5 Å². The number of amidine groups is 1. The summed E-state index contributed by atoms with van der Waals surface area (Å²) in [5.74, 6) is 0.897. The summed E-state index contributed by atoms with van der Waals surface area (Å²) in [6.07, 6.45) is 0. The third-order valence-corrected chi connectivity index (χ3v) is 4.34. The summed E-state index contributed by atoms with van der Waals surface area (Å²) in [5.41, 5.74) is 7.11. The van der Waals surface area contributed by atoms with E-state index in [2.05, 4.69) is 37.3 Å². The van der Waals surface area contributed by atoms with Crippen molar-refractivity contribution in [3.8, 4) is 0 Å². The number of nitrogens with one attached hydrogen (secondary N) is 1. The smallest absolute Gasteiger partial charge is 0.129 e. The van der Waals surface area contributed by atoms with E-state index >= 15 is 0 Å². The molecule has 19 heavy (non-hydrogen) atoms. The molecule has 2 aromatic heterocycles. The second-order valence-corrected chi connectivity index (χ2v) is 6.27. The number of rotatable bonds is 4. The van der Waals surface area contributed by atoms with E-state index in [4.69, 9.17) is 11.1 Å². The Kier molecular flexibility index (Phi) is 4.21. The van der Waals surface area contributed by atoms with Crippen LogP contribution in [-0.2, 0) is 6.54 Å². The molecule has 2 heterocycles. The second kappa shape index (κ2) is 5.71. The van der Waals surface area contributed by atoms with Crippen LogP contribution in [0.3, 0.4) is 0 Å². The number of thiophene rings is 1. The van der Waals surface area contributed by atoms with Gasteiger partial charge in [0.05, 0.1) is 6.54 Å². The minimum atomic E-state index is 0.0685. The molecule has 2 aromatic rings. The van der Waals surface area contributed by atoms with Gasteiger partial charge in [0, 0.05) is 33.0 Å². The number of anilines is 1. The van der Waals surface area contributed by atoms with Crippen LogP contribution in [0.25, 0.3) is 0 Å². The van der Waals surface area contributed by atoms with Crippen molar-refractivity contribution in [2.24, 2.45) is 5.73 Å². The van der Waals surface area contributed by atoms with Gasteiger partial charge in [0.2, 0.25) is 0 Å². The number of aromatic nitrogens is 1. The van der Waals surface area contributed by atoms with Crippen LogP contribution < -0.4 is 10.6 Å². The van der Waals surface area contributed by atoms with Crippen molar-refractivity contribution in [3.05, 3.63) is 44.2 Å². The van der Waals surface area contributed by atoms with Gasteiger partial charge in [-0.3, -0.25) is 5.41 Å². The first-order valence-electron chi connectivity index (χ1n) is 5.73. The van der Waals surface area contributed by atoms with Gasteiger partial charge >= 0.3 is 0 Å². The van der Waals surface area contributed by atoms with Crippen LogP contribution >= 0.6 is 27.3 Å². The number of nitrogen functional groups attached to an aromatic ring is 1. The van der Waals surface area contributed by atoms with Gasteiger partial charge in [-0.1, -0.05) is 0 Å². The Morgan fingerprint density at radius 2 is 2.21 bits per heavy atom. The molecule has 0 amide bonds.